The highest BCUT2D eigenvalue weighted by Crippen LogP contribution is 2.36. The second-order valence-electron chi connectivity index (χ2n) is 8.69. The minimum Gasteiger partial charge on any atom is -0.396 e. The molecule has 1 aliphatic carbocycles. The molecule has 1 aromatic carbocycles. The highest BCUT2D eigenvalue weighted by Gasteiger charge is 2.19. The van der Waals surface area contributed by atoms with Crippen LogP contribution >= 0.6 is 11.3 Å². The van der Waals surface area contributed by atoms with E-state index in [1.165, 1.54) is 16.0 Å². The van der Waals surface area contributed by atoms with Crippen LogP contribution in [0.1, 0.15) is 47.2 Å². The van der Waals surface area contributed by atoms with Crippen molar-refractivity contribution in [1.82, 2.24) is 15.0 Å². The van der Waals surface area contributed by atoms with Crippen molar-refractivity contribution < 1.29 is 5.11 Å². The van der Waals surface area contributed by atoms with Gasteiger partial charge in [0.1, 0.15) is 10.8 Å². The fraction of sp³-hybridized carbons (Fsp3) is 0.370. The highest BCUT2D eigenvalue weighted by atomic mass is 32.1. The molecule has 0 saturated heterocycles. The number of nitrogens with one attached hydrogen (secondary N) is 2. The average Bonchev–Trinajstić information content (AvgIpc) is 3.10. The van der Waals surface area contributed by atoms with Gasteiger partial charge in [0.2, 0.25) is 5.95 Å². The lowest BCUT2D eigenvalue weighted by Crippen LogP contribution is -2.14. The van der Waals surface area contributed by atoms with Crippen LogP contribution in [-0.2, 0) is 13.0 Å². The summed E-state index contributed by atoms with van der Waals surface area (Å²) in [6, 6.07) is 8.46. The zero-order valence-electron chi connectivity index (χ0n) is 20.1. The number of fused-ring (bicyclic) bond motifs is 1. The lowest BCUT2D eigenvalue weighted by Gasteiger charge is -2.16. The maximum Gasteiger partial charge on any atom is 0.225 e. The highest BCUT2D eigenvalue weighted by molar-refractivity contribution is 7.15. The van der Waals surface area contributed by atoms with Gasteiger partial charge in [-0.25, -0.2) is 9.97 Å². The predicted molar refractivity (Wildman–Crippen MR) is 142 cm³/mol. The second-order valence-corrected chi connectivity index (χ2v) is 9.77. The van der Waals surface area contributed by atoms with Crippen molar-refractivity contribution in [2.75, 3.05) is 23.8 Å². The van der Waals surface area contributed by atoms with Crippen LogP contribution in [0.25, 0.3) is 16.6 Å². The van der Waals surface area contributed by atoms with E-state index in [0.29, 0.717) is 12.5 Å². The number of aliphatic hydroxyl groups excluding tert-OH is 1. The molecular formula is C27H33N5OS. The van der Waals surface area contributed by atoms with E-state index in [2.05, 4.69) is 67.0 Å². The molecule has 2 aromatic heterocycles. The molecule has 3 aromatic rings. The largest absolute Gasteiger partial charge is 0.396 e. The fourth-order valence-electron chi connectivity index (χ4n) is 3.89. The van der Waals surface area contributed by atoms with E-state index >= 15 is 0 Å². The SMILES string of the molecule is CC[C@H](CO)CCNc1nc(NCc2ccc(C)cc2)nc(C)c1-c1nc2c(s1)CC=CC=C2. The number of rotatable bonds is 10. The molecule has 1 atom stereocenters. The summed E-state index contributed by atoms with van der Waals surface area (Å²) in [7, 11) is 0. The molecule has 34 heavy (non-hydrogen) atoms. The summed E-state index contributed by atoms with van der Waals surface area (Å²) in [4.78, 5) is 15.8. The smallest absolute Gasteiger partial charge is 0.225 e. The second kappa shape index (κ2) is 11.4. The first kappa shape index (κ1) is 24.1. The van der Waals surface area contributed by atoms with Crippen LogP contribution < -0.4 is 10.6 Å². The number of aryl methyl sites for hydroxylation is 2. The molecule has 0 amide bonds. The third-order valence-corrected chi connectivity index (χ3v) is 7.20. The Morgan fingerprint density at radius 3 is 2.65 bits per heavy atom. The summed E-state index contributed by atoms with van der Waals surface area (Å²) in [6.45, 7) is 7.81. The molecule has 2 heterocycles. The maximum atomic E-state index is 9.57. The zero-order valence-corrected chi connectivity index (χ0v) is 21.0. The van der Waals surface area contributed by atoms with Crippen molar-refractivity contribution in [3.8, 4) is 10.6 Å². The van der Waals surface area contributed by atoms with Gasteiger partial charge in [0.15, 0.2) is 0 Å². The van der Waals surface area contributed by atoms with Gasteiger partial charge < -0.3 is 15.7 Å². The molecule has 0 bridgehead atoms. The van der Waals surface area contributed by atoms with Crippen LogP contribution in [0.2, 0.25) is 0 Å². The van der Waals surface area contributed by atoms with Gasteiger partial charge in [-0.2, -0.15) is 4.98 Å². The van der Waals surface area contributed by atoms with Crippen LogP contribution in [0, 0.1) is 19.8 Å². The minimum absolute atomic E-state index is 0.205. The standard InChI is InChI=1S/C27H33N5OS/c1-4-20(17-33)14-15-28-25-24(26-31-22-8-6-5-7-9-23(22)34-26)19(3)30-27(32-25)29-16-21-12-10-18(2)11-13-21/h5-8,10-13,20,33H,4,9,14-17H2,1-3H3,(H2,28,29,30,32)/t20-/m0/s1. The molecule has 0 radical (unpaired) electrons. The molecule has 0 saturated carbocycles. The van der Waals surface area contributed by atoms with E-state index in [4.69, 9.17) is 15.0 Å². The molecule has 178 valence electrons. The molecular weight excluding hydrogens is 442 g/mol. The average molecular weight is 476 g/mol. The van der Waals surface area contributed by atoms with Crippen LogP contribution in [-0.4, -0.2) is 33.2 Å². The quantitative estimate of drug-likeness (QED) is 0.345. The van der Waals surface area contributed by atoms with Crippen LogP contribution in [0.4, 0.5) is 11.8 Å². The van der Waals surface area contributed by atoms with Gasteiger partial charge in [-0.15, -0.1) is 11.3 Å². The summed E-state index contributed by atoms with van der Waals surface area (Å²) in [5.41, 5.74) is 5.29. The number of aromatic nitrogens is 3. The maximum absolute atomic E-state index is 9.57. The van der Waals surface area contributed by atoms with E-state index in [0.717, 1.165) is 53.6 Å². The molecule has 0 spiro atoms. The molecule has 4 rings (SSSR count). The summed E-state index contributed by atoms with van der Waals surface area (Å²) in [5.74, 6) is 1.67. The number of thiazole rings is 1. The van der Waals surface area contributed by atoms with Gasteiger partial charge in [0.25, 0.3) is 0 Å². The van der Waals surface area contributed by atoms with Crippen molar-refractivity contribution in [2.24, 2.45) is 5.92 Å². The Morgan fingerprint density at radius 1 is 1.06 bits per heavy atom. The van der Waals surface area contributed by atoms with Gasteiger partial charge in [-0.3, -0.25) is 0 Å². The third kappa shape index (κ3) is 5.90. The summed E-state index contributed by atoms with van der Waals surface area (Å²) >= 11 is 1.70. The molecule has 3 N–H and O–H groups in total. The van der Waals surface area contributed by atoms with Gasteiger partial charge in [0, 0.05) is 31.0 Å². The Balaban J connectivity index is 1.61. The topological polar surface area (TPSA) is 83.0 Å². The van der Waals surface area contributed by atoms with Gasteiger partial charge in [-0.05, 0) is 37.8 Å². The van der Waals surface area contributed by atoms with Crippen LogP contribution in [0.3, 0.4) is 0 Å². The normalized spacial score (nSPS) is 13.4. The number of aliphatic hydroxyl groups is 1. The Kier molecular flexibility index (Phi) is 8.08. The summed E-state index contributed by atoms with van der Waals surface area (Å²) < 4.78 is 0. The number of nitrogens with zero attached hydrogens (tertiary/aromatic N) is 3. The van der Waals surface area contributed by atoms with Crippen molar-refractivity contribution >= 4 is 29.2 Å². The Hall–Kier alpha value is -3.03. The van der Waals surface area contributed by atoms with E-state index in [1.807, 2.05) is 13.0 Å². The third-order valence-electron chi connectivity index (χ3n) is 6.09. The van der Waals surface area contributed by atoms with E-state index in [1.54, 1.807) is 11.3 Å². The van der Waals surface area contributed by atoms with Crippen LogP contribution in [0.5, 0.6) is 0 Å². The first-order valence-electron chi connectivity index (χ1n) is 11.9. The van der Waals surface area contributed by atoms with Gasteiger partial charge >= 0.3 is 0 Å². The van der Waals surface area contributed by atoms with E-state index in [9.17, 15) is 5.11 Å². The molecule has 1 aliphatic rings. The van der Waals surface area contributed by atoms with Gasteiger partial charge in [-0.1, -0.05) is 61.4 Å². The monoisotopic (exact) mass is 475 g/mol. The first-order valence-corrected chi connectivity index (χ1v) is 12.7. The summed E-state index contributed by atoms with van der Waals surface area (Å²) in [6.07, 6.45) is 11.0. The number of benzene rings is 1. The number of anilines is 2. The van der Waals surface area contributed by atoms with Crippen molar-refractivity contribution in [3.05, 3.63) is 69.9 Å². The molecule has 6 nitrogen and oxygen atoms in total. The Bertz CT molecular complexity index is 1160. The fourth-order valence-corrected chi connectivity index (χ4v) is 5.01. The van der Waals surface area contributed by atoms with Crippen molar-refractivity contribution in [3.63, 3.8) is 0 Å². The molecule has 7 heteroatoms. The summed E-state index contributed by atoms with van der Waals surface area (Å²) in [5, 5.41) is 17.4. The molecule has 0 unspecified atom stereocenters. The number of hydrogen-bond acceptors (Lipinski definition) is 7. The van der Waals surface area contributed by atoms with Crippen molar-refractivity contribution in [2.45, 2.75) is 46.6 Å². The zero-order chi connectivity index (χ0) is 23.9. The van der Waals surface area contributed by atoms with E-state index < -0.39 is 0 Å². The first-order chi connectivity index (χ1) is 16.6. The lowest BCUT2D eigenvalue weighted by molar-refractivity contribution is 0.217. The predicted octanol–water partition coefficient (Wildman–Crippen LogP) is 5.78. The Labute approximate surface area is 205 Å². The minimum atomic E-state index is 0.205. The number of hydrogen-bond donors (Lipinski definition) is 3. The Morgan fingerprint density at radius 2 is 1.88 bits per heavy atom. The van der Waals surface area contributed by atoms with E-state index in [-0.39, 0.29) is 12.5 Å². The molecule has 0 fully saturated rings. The molecule has 0 aliphatic heterocycles. The van der Waals surface area contributed by atoms with Gasteiger partial charge in [0.05, 0.1) is 17.0 Å². The van der Waals surface area contributed by atoms with Crippen LogP contribution in [0.15, 0.2) is 42.5 Å². The number of allylic oxidation sites excluding steroid dienone is 3. The van der Waals surface area contributed by atoms with Crippen molar-refractivity contribution in [1.29, 1.82) is 0 Å². The lowest BCUT2D eigenvalue weighted by atomic mass is 10.0.